The van der Waals surface area contributed by atoms with Crippen LogP contribution in [0, 0.1) is 5.82 Å². The summed E-state index contributed by atoms with van der Waals surface area (Å²) in [7, 11) is 0. The smallest absolute Gasteiger partial charge is 0.410 e. The zero-order chi connectivity index (χ0) is 15.6. The minimum Gasteiger partial charge on any atom is -0.505 e. The van der Waals surface area contributed by atoms with E-state index in [0.717, 1.165) is 6.42 Å². The van der Waals surface area contributed by atoms with Gasteiger partial charge in [-0.3, -0.25) is 0 Å². The van der Waals surface area contributed by atoms with Gasteiger partial charge < -0.3 is 20.1 Å². The van der Waals surface area contributed by atoms with Crippen LogP contribution in [0.15, 0.2) is 18.2 Å². The fraction of sp³-hybridized carbons (Fsp3) is 0.533. The fourth-order valence-corrected chi connectivity index (χ4v) is 2.20. The molecule has 2 N–H and O–H groups in total. The van der Waals surface area contributed by atoms with Gasteiger partial charge in [0.15, 0.2) is 11.6 Å². The average molecular weight is 296 g/mol. The van der Waals surface area contributed by atoms with Crippen molar-refractivity contribution < 1.29 is 19.0 Å². The lowest BCUT2D eigenvalue weighted by Crippen LogP contribution is -2.36. The van der Waals surface area contributed by atoms with E-state index in [1.165, 1.54) is 12.1 Å². The van der Waals surface area contributed by atoms with Gasteiger partial charge >= 0.3 is 6.09 Å². The number of anilines is 1. The van der Waals surface area contributed by atoms with E-state index in [9.17, 15) is 9.18 Å². The van der Waals surface area contributed by atoms with Crippen molar-refractivity contribution in [2.75, 3.05) is 18.4 Å². The zero-order valence-electron chi connectivity index (χ0n) is 12.5. The number of nitrogens with zero attached hydrogens (tertiary/aromatic N) is 1. The number of rotatable bonds is 2. The highest BCUT2D eigenvalue weighted by Gasteiger charge is 2.29. The van der Waals surface area contributed by atoms with E-state index in [4.69, 9.17) is 9.84 Å². The number of nitrogens with one attached hydrogen (secondary N) is 1. The van der Waals surface area contributed by atoms with Crippen LogP contribution in [0.2, 0.25) is 0 Å². The molecule has 0 aliphatic carbocycles. The lowest BCUT2D eigenvalue weighted by molar-refractivity contribution is 0.0293. The maximum atomic E-state index is 13.3. The van der Waals surface area contributed by atoms with Crippen LogP contribution in [0.1, 0.15) is 27.2 Å². The molecule has 21 heavy (non-hydrogen) atoms. The largest absolute Gasteiger partial charge is 0.505 e. The normalized spacial score (nSPS) is 18.7. The van der Waals surface area contributed by atoms with Crippen molar-refractivity contribution >= 4 is 11.8 Å². The lowest BCUT2D eigenvalue weighted by atomic mass is 10.2. The van der Waals surface area contributed by atoms with Crippen LogP contribution in [0.5, 0.6) is 5.75 Å². The fourth-order valence-electron chi connectivity index (χ4n) is 2.20. The molecule has 1 saturated heterocycles. The third kappa shape index (κ3) is 4.24. The van der Waals surface area contributed by atoms with E-state index in [-0.39, 0.29) is 17.9 Å². The van der Waals surface area contributed by atoms with E-state index in [2.05, 4.69) is 5.32 Å². The SMILES string of the molecule is CC(C)(C)OC(=O)N1CCC(Nc2ccc(O)c(F)c2)C1. The molecule has 0 saturated carbocycles. The summed E-state index contributed by atoms with van der Waals surface area (Å²) < 4.78 is 18.6. The Kier molecular flexibility index (Phi) is 4.25. The summed E-state index contributed by atoms with van der Waals surface area (Å²) in [4.78, 5) is 13.6. The number of hydrogen-bond acceptors (Lipinski definition) is 4. The number of ether oxygens (including phenoxy) is 1. The number of carbonyl (C=O) groups is 1. The number of phenols is 1. The summed E-state index contributed by atoms with van der Waals surface area (Å²) in [6.45, 7) is 6.60. The first-order valence-corrected chi connectivity index (χ1v) is 6.97. The van der Waals surface area contributed by atoms with Crippen LogP contribution in [-0.4, -0.2) is 40.8 Å². The van der Waals surface area contributed by atoms with Crippen molar-refractivity contribution in [3.8, 4) is 5.75 Å². The molecule has 1 aromatic rings. The minimum absolute atomic E-state index is 0.0430. The summed E-state index contributed by atoms with van der Waals surface area (Å²) in [6, 6.07) is 4.19. The molecule has 0 bridgehead atoms. The summed E-state index contributed by atoms with van der Waals surface area (Å²) in [5, 5.41) is 12.3. The second-order valence-electron chi connectivity index (χ2n) is 6.22. The van der Waals surface area contributed by atoms with Gasteiger partial charge in [-0.1, -0.05) is 0 Å². The molecule has 0 spiro atoms. The van der Waals surface area contributed by atoms with Crippen molar-refractivity contribution in [3.05, 3.63) is 24.0 Å². The molecule has 5 nitrogen and oxygen atoms in total. The first kappa shape index (κ1) is 15.4. The van der Waals surface area contributed by atoms with E-state index in [1.54, 1.807) is 11.0 Å². The van der Waals surface area contributed by atoms with Gasteiger partial charge in [-0.05, 0) is 39.3 Å². The molecular weight excluding hydrogens is 275 g/mol. The Labute approximate surface area is 123 Å². The summed E-state index contributed by atoms with van der Waals surface area (Å²) in [6.07, 6.45) is 0.436. The molecular formula is C15H21FN2O3. The zero-order valence-corrected chi connectivity index (χ0v) is 12.5. The Morgan fingerprint density at radius 1 is 1.48 bits per heavy atom. The summed E-state index contributed by atoms with van der Waals surface area (Å²) >= 11 is 0. The molecule has 0 aromatic heterocycles. The second-order valence-corrected chi connectivity index (χ2v) is 6.22. The number of likely N-dealkylation sites (tertiary alicyclic amines) is 1. The molecule has 2 rings (SSSR count). The number of halogens is 1. The second kappa shape index (κ2) is 5.79. The van der Waals surface area contributed by atoms with E-state index >= 15 is 0 Å². The van der Waals surface area contributed by atoms with Gasteiger partial charge in [0.25, 0.3) is 0 Å². The Hall–Kier alpha value is -1.98. The number of carbonyl (C=O) groups excluding carboxylic acids is 1. The highest BCUT2D eigenvalue weighted by Crippen LogP contribution is 2.22. The van der Waals surface area contributed by atoms with Crippen molar-refractivity contribution in [2.24, 2.45) is 0 Å². The van der Waals surface area contributed by atoms with Crippen LogP contribution >= 0.6 is 0 Å². The Balaban J connectivity index is 1.90. The van der Waals surface area contributed by atoms with Crippen molar-refractivity contribution in [3.63, 3.8) is 0 Å². The predicted octanol–water partition coefficient (Wildman–Crippen LogP) is 2.95. The Morgan fingerprint density at radius 2 is 2.19 bits per heavy atom. The van der Waals surface area contributed by atoms with Gasteiger partial charge in [0.05, 0.1) is 0 Å². The molecule has 116 valence electrons. The minimum atomic E-state index is -0.665. The quantitative estimate of drug-likeness (QED) is 0.824. The van der Waals surface area contributed by atoms with Gasteiger partial charge in [0.2, 0.25) is 0 Å². The summed E-state index contributed by atoms with van der Waals surface area (Å²) in [5.41, 5.74) is 0.0733. The van der Waals surface area contributed by atoms with Crippen LogP contribution in [0.3, 0.4) is 0 Å². The van der Waals surface area contributed by atoms with E-state index < -0.39 is 11.4 Å². The molecule has 1 amide bonds. The maximum Gasteiger partial charge on any atom is 0.410 e. The first-order valence-electron chi connectivity index (χ1n) is 6.97. The van der Waals surface area contributed by atoms with Crippen LogP contribution in [-0.2, 0) is 4.74 Å². The first-order chi connectivity index (χ1) is 9.74. The van der Waals surface area contributed by atoms with E-state index in [1.807, 2.05) is 20.8 Å². The molecule has 1 aliphatic rings. The molecule has 1 aromatic carbocycles. The van der Waals surface area contributed by atoms with Crippen LogP contribution < -0.4 is 5.32 Å². The molecule has 0 radical (unpaired) electrons. The van der Waals surface area contributed by atoms with Crippen molar-refractivity contribution in [1.82, 2.24) is 4.90 Å². The molecule has 1 unspecified atom stereocenters. The third-order valence-electron chi connectivity index (χ3n) is 3.16. The molecule has 1 heterocycles. The van der Waals surface area contributed by atoms with Crippen molar-refractivity contribution in [2.45, 2.75) is 38.8 Å². The number of amides is 1. The average Bonchev–Trinajstić information content (AvgIpc) is 2.80. The van der Waals surface area contributed by atoms with Gasteiger partial charge in [-0.15, -0.1) is 0 Å². The maximum absolute atomic E-state index is 13.3. The number of aromatic hydroxyl groups is 1. The van der Waals surface area contributed by atoms with Gasteiger partial charge in [-0.2, -0.15) is 0 Å². The topological polar surface area (TPSA) is 61.8 Å². The molecule has 1 fully saturated rings. The van der Waals surface area contributed by atoms with Crippen molar-refractivity contribution in [1.29, 1.82) is 0 Å². The van der Waals surface area contributed by atoms with Crippen LogP contribution in [0.25, 0.3) is 0 Å². The van der Waals surface area contributed by atoms with Gasteiger partial charge in [0, 0.05) is 30.9 Å². The lowest BCUT2D eigenvalue weighted by Gasteiger charge is -2.24. The standard InChI is InChI=1S/C15H21FN2O3/c1-15(2,3)21-14(20)18-7-6-11(9-18)17-10-4-5-13(19)12(16)8-10/h4-5,8,11,17,19H,6-7,9H2,1-3H3. The van der Waals surface area contributed by atoms with Gasteiger partial charge in [0.1, 0.15) is 5.60 Å². The number of benzene rings is 1. The summed E-state index contributed by atoms with van der Waals surface area (Å²) in [5.74, 6) is -1.04. The van der Waals surface area contributed by atoms with Gasteiger partial charge in [-0.25, -0.2) is 9.18 Å². The molecule has 1 aliphatic heterocycles. The highest BCUT2D eigenvalue weighted by atomic mass is 19.1. The third-order valence-corrected chi connectivity index (χ3v) is 3.16. The van der Waals surface area contributed by atoms with E-state index in [0.29, 0.717) is 18.8 Å². The number of hydrogen-bond donors (Lipinski definition) is 2. The number of phenolic OH excluding ortho intramolecular Hbond substituents is 1. The van der Waals surface area contributed by atoms with Crippen LogP contribution in [0.4, 0.5) is 14.9 Å². The molecule has 6 heteroatoms. The monoisotopic (exact) mass is 296 g/mol. The molecule has 1 atom stereocenters. The Morgan fingerprint density at radius 3 is 2.81 bits per heavy atom. The predicted molar refractivity (Wildman–Crippen MR) is 77.9 cm³/mol. The highest BCUT2D eigenvalue weighted by molar-refractivity contribution is 5.68. The Bertz CT molecular complexity index is 528.